The zero-order chi connectivity index (χ0) is 25.4. The molecular formula is C29H37N5O2S. The van der Waals surface area contributed by atoms with Crippen LogP contribution in [0.4, 0.5) is 5.69 Å². The molecule has 37 heavy (non-hydrogen) atoms. The average molecular weight is 520 g/mol. The summed E-state index contributed by atoms with van der Waals surface area (Å²) >= 11 is 0. The van der Waals surface area contributed by atoms with Crippen molar-refractivity contribution < 1.29 is 8.42 Å². The van der Waals surface area contributed by atoms with Crippen molar-refractivity contribution in [3.8, 4) is 0 Å². The van der Waals surface area contributed by atoms with Crippen LogP contribution in [0.2, 0.25) is 0 Å². The first-order valence-corrected chi connectivity index (χ1v) is 15.1. The fourth-order valence-electron chi connectivity index (χ4n) is 6.35. The summed E-state index contributed by atoms with van der Waals surface area (Å²) in [7, 11) is -1.81. The molecule has 3 aromatic rings. The molecule has 0 unspecified atom stereocenters. The lowest BCUT2D eigenvalue weighted by atomic mass is 9.74. The van der Waals surface area contributed by atoms with E-state index in [0.29, 0.717) is 12.0 Å². The number of benzene rings is 2. The van der Waals surface area contributed by atoms with Crippen LogP contribution in [0.15, 0.2) is 66.1 Å². The zero-order valence-electron chi connectivity index (χ0n) is 21.6. The molecule has 2 saturated heterocycles. The molecule has 2 aliphatic heterocycles. The van der Waals surface area contributed by atoms with Gasteiger partial charge in [-0.25, -0.2) is 18.1 Å². The maximum absolute atomic E-state index is 12.7. The van der Waals surface area contributed by atoms with Crippen molar-refractivity contribution in [2.24, 2.45) is 7.05 Å². The van der Waals surface area contributed by atoms with Gasteiger partial charge in [-0.05, 0) is 80.4 Å². The molecule has 3 aliphatic rings. The van der Waals surface area contributed by atoms with E-state index in [4.69, 9.17) is 0 Å². The summed E-state index contributed by atoms with van der Waals surface area (Å²) in [5.74, 6) is 0.508. The molecule has 6 rings (SSSR count). The van der Waals surface area contributed by atoms with Crippen molar-refractivity contribution in [1.29, 1.82) is 0 Å². The molecule has 196 valence electrons. The Labute approximate surface area is 220 Å². The average Bonchev–Trinajstić information content (AvgIpc) is 3.32. The van der Waals surface area contributed by atoms with Crippen LogP contribution in [-0.4, -0.2) is 61.1 Å². The van der Waals surface area contributed by atoms with E-state index in [9.17, 15) is 8.42 Å². The highest BCUT2D eigenvalue weighted by Crippen LogP contribution is 2.40. The second-order valence-corrected chi connectivity index (χ2v) is 12.6. The van der Waals surface area contributed by atoms with Gasteiger partial charge in [0.1, 0.15) is 0 Å². The Hall–Kier alpha value is -2.68. The van der Waals surface area contributed by atoms with Gasteiger partial charge in [0.2, 0.25) is 0 Å². The van der Waals surface area contributed by atoms with Crippen LogP contribution in [0.1, 0.15) is 48.3 Å². The highest BCUT2D eigenvalue weighted by Gasteiger charge is 2.36. The van der Waals surface area contributed by atoms with Crippen LogP contribution < -0.4 is 9.62 Å². The first-order valence-electron chi connectivity index (χ1n) is 13.6. The van der Waals surface area contributed by atoms with Crippen molar-refractivity contribution in [2.75, 3.05) is 31.1 Å². The molecule has 1 aliphatic carbocycles. The van der Waals surface area contributed by atoms with E-state index >= 15 is 0 Å². The quantitative estimate of drug-likeness (QED) is 0.515. The van der Waals surface area contributed by atoms with E-state index in [1.165, 1.54) is 54.6 Å². The van der Waals surface area contributed by atoms with Gasteiger partial charge in [-0.1, -0.05) is 36.4 Å². The number of aryl methyl sites for hydroxylation is 2. The second kappa shape index (κ2) is 10.2. The van der Waals surface area contributed by atoms with Crippen molar-refractivity contribution >= 4 is 15.7 Å². The summed E-state index contributed by atoms with van der Waals surface area (Å²) in [5.41, 5.74) is 5.70. The highest BCUT2D eigenvalue weighted by molar-refractivity contribution is 7.89. The number of piperidine rings is 1. The Bertz CT molecular complexity index is 1330. The maximum atomic E-state index is 12.7. The van der Waals surface area contributed by atoms with Gasteiger partial charge in [0.05, 0.1) is 6.33 Å². The van der Waals surface area contributed by atoms with E-state index < -0.39 is 10.0 Å². The number of hydrogen-bond acceptors (Lipinski definition) is 5. The summed E-state index contributed by atoms with van der Waals surface area (Å²) in [5, 5.41) is 0.0910. The number of rotatable bonds is 7. The number of hydrogen-bond donors (Lipinski definition) is 1. The number of imidazole rings is 1. The van der Waals surface area contributed by atoms with Gasteiger partial charge >= 0.3 is 0 Å². The fourth-order valence-corrected chi connectivity index (χ4v) is 7.64. The lowest BCUT2D eigenvalue weighted by Crippen LogP contribution is -2.50. The van der Waals surface area contributed by atoms with E-state index in [1.807, 2.05) is 0 Å². The van der Waals surface area contributed by atoms with E-state index in [-0.39, 0.29) is 11.1 Å². The third-order valence-corrected chi connectivity index (χ3v) is 9.90. The van der Waals surface area contributed by atoms with Crippen LogP contribution in [0.5, 0.6) is 0 Å². The number of likely N-dealkylation sites (tertiary alicyclic amines) is 1. The number of anilines is 1. The summed E-state index contributed by atoms with van der Waals surface area (Å²) < 4.78 is 30.0. The predicted molar refractivity (Wildman–Crippen MR) is 146 cm³/mol. The smallest absolute Gasteiger partial charge is 0.259 e. The number of nitrogens with zero attached hydrogens (tertiary/aromatic N) is 4. The van der Waals surface area contributed by atoms with E-state index in [1.54, 1.807) is 17.8 Å². The molecule has 0 saturated carbocycles. The first kappa shape index (κ1) is 24.6. The predicted octanol–water partition coefficient (Wildman–Crippen LogP) is 3.71. The van der Waals surface area contributed by atoms with Crippen LogP contribution in [0, 0.1) is 0 Å². The van der Waals surface area contributed by atoms with Gasteiger partial charge in [-0.15, -0.1) is 0 Å². The topological polar surface area (TPSA) is 70.5 Å². The molecule has 2 atom stereocenters. The van der Waals surface area contributed by atoms with Crippen molar-refractivity contribution in [3.63, 3.8) is 0 Å². The van der Waals surface area contributed by atoms with Crippen molar-refractivity contribution in [2.45, 2.75) is 61.6 Å². The summed E-state index contributed by atoms with van der Waals surface area (Å²) in [6.45, 7) is 4.14. The molecule has 0 spiro atoms. The molecular weight excluding hydrogens is 482 g/mol. The minimum absolute atomic E-state index is 0.0671. The number of aromatic nitrogens is 2. The third-order valence-electron chi connectivity index (χ3n) is 8.50. The Balaban J connectivity index is 1.18. The summed E-state index contributed by atoms with van der Waals surface area (Å²) in [4.78, 5) is 9.15. The van der Waals surface area contributed by atoms with Gasteiger partial charge in [-0.3, -0.25) is 4.90 Å². The molecule has 0 bridgehead atoms. The highest BCUT2D eigenvalue weighted by atomic mass is 32.2. The van der Waals surface area contributed by atoms with E-state index in [0.717, 1.165) is 38.8 Å². The Morgan fingerprint density at radius 3 is 2.46 bits per heavy atom. The molecule has 2 fully saturated rings. The molecule has 1 N–H and O–H groups in total. The van der Waals surface area contributed by atoms with Crippen LogP contribution >= 0.6 is 0 Å². The summed E-state index contributed by atoms with van der Waals surface area (Å²) in [6, 6.07) is 18.6. The maximum Gasteiger partial charge on any atom is 0.259 e. The molecule has 2 aromatic carbocycles. The molecule has 7 nitrogen and oxygen atoms in total. The Morgan fingerprint density at radius 2 is 1.78 bits per heavy atom. The van der Waals surface area contributed by atoms with E-state index in [2.05, 4.69) is 68.0 Å². The van der Waals surface area contributed by atoms with Gasteiger partial charge < -0.3 is 9.47 Å². The van der Waals surface area contributed by atoms with Crippen molar-refractivity contribution in [3.05, 3.63) is 77.7 Å². The first-order chi connectivity index (χ1) is 18.0. The van der Waals surface area contributed by atoms with Gasteiger partial charge in [-0.2, -0.15) is 0 Å². The standard InChI is InChI=1S/C29H37N5O2S/c1-32-20-29(30-21-32)37(35,36)31-24-12-16-33(17-13-24)25-10-8-23-9-11-28(34-14-5-15-34)27(26(23)19-25)18-22-6-3-2-4-7-22/h2-4,6-8,10,19-21,24,27-28,31H,5,9,11-18H2,1H3/t27-,28+/m1/s1. The SMILES string of the molecule is Cn1cnc(S(=O)(=O)NC2CCN(c3ccc4c(c3)[C@@H](Cc3ccccc3)[C@@H](N3CCC3)CC4)CC2)c1. The molecule has 0 radical (unpaired) electrons. The monoisotopic (exact) mass is 519 g/mol. The zero-order valence-corrected chi connectivity index (χ0v) is 22.4. The molecule has 8 heteroatoms. The summed E-state index contributed by atoms with van der Waals surface area (Å²) in [6.07, 6.45) is 9.43. The molecule has 1 aromatic heterocycles. The van der Waals surface area contributed by atoms with Gasteiger partial charge in [0, 0.05) is 50.0 Å². The second-order valence-electron chi connectivity index (χ2n) is 10.9. The number of sulfonamides is 1. The third kappa shape index (κ3) is 5.19. The number of fused-ring (bicyclic) bond motifs is 1. The van der Waals surface area contributed by atoms with Gasteiger partial charge in [0.15, 0.2) is 5.03 Å². The van der Waals surface area contributed by atoms with Crippen LogP contribution in [-0.2, 0) is 29.9 Å². The fraction of sp³-hybridized carbons (Fsp3) is 0.483. The Morgan fingerprint density at radius 1 is 1.00 bits per heavy atom. The lowest BCUT2D eigenvalue weighted by Gasteiger charge is -2.46. The normalized spacial score (nSPS) is 23.0. The van der Waals surface area contributed by atoms with Gasteiger partial charge in [0.25, 0.3) is 10.0 Å². The largest absolute Gasteiger partial charge is 0.371 e. The molecule has 3 heterocycles. The van der Waals surface area contributed by atoms with Crippen LogP contribution in [0.25, 0.3) is 0 Å². The minimum atomic E-state index is -3.59. The molecule has 0 amide bonds. The Kier molecular flexibility index (Phi) is 6.82. The minimum Gasteiger partial charge on any atom is -0.371 e. The van der Waals surface area contributed by atoms with Crippen LogP contribution in [0.3, 0.4) is 0 Å². The lowest BCUT2D eigenvalue weighted by molar-refractivity contribution is 0.0877. The van der Waals surface area contributed by atoms with Crippen molar-refractivity contribution in [1.82, 2.24) is 19.2 Å². The number of nitrogens with one attached hydrogen (secondary N) is 1.